The number of likely N-dealkylation sites (N-methyl/N-ethyl adjacent to an activating group) is 1. The van der Waals surface area contributed by atoms with Crippen molar-refractivity contribution in [3.63, 3.8) is 0 Å². The monoisotopic (exact) mass is 522 g/mol. The Kier molecular flexibility index (Phi) is 6.68. The Morgan fingerprint density at radius 1 is 1.00 bits per heavy atom. The molecule has 0 unspecified atom stereocenters. The van der Waals surface area contributed by atoms with Gasteiger partial charge in [0.1, 0.15) is 23.1 Å². The van der Waals surface area contributed by atoms with Crippen LogP contribution in [0.4, 0.5) is 14.6 Å². The largest absolute Gasteiger partial charge is 0.345 e. The third-order valence-corrected chi connectivity index (χ3v) is 6.21. The number of para-hydroxylation sites is 1. The maximum absolute atomic E-state index is 14.6. The van der Waals surface area contributed by atoms with E-state index in [1.165, 1.54) is 23.0 Å². The van der Waals surface area contributed by atoms with Gasteiger partial charge in [0.05, 0.1) is 22.3 Å². The first-order valence-electron chi connectivity index (χ1n) is 11.4. The second-order valence-corrected chi connectivity index (χ2v) is 9.06. The van der Waals surface area contributed by atoms with E-state index in [2.05, 4.69) is 25.6 Å². The van der Waals surface area contributed by atoms with Crippen molar-refractivity contribution in [2.75, 3.05) is 25.5 Å². The van der Waals surface area contributed by atoms with Gasteiger partial charge < -0.3 is 15.5 Å². The van der Waals surface area contributed by atoms with Crippen LogP contribution in [0.25, 0.3) is 16.9 Å². The molecule has 2 N–H and O–H groups in total. The maximum atomic E-state index is 14.6. The van der Waals surface area contributed by atoms with Crippen LogP contribution in [0.2, 0.25) is 5.02 Å². The van der Waals surface area contributed by atoms with Gasteiger partial charge in [-0.2, -0.15) is 5.10 Å². The summed E-state index contributed by atoms with van der Waals surface area (Å²) in [7, 11) is 1.95. The van der Waals surface area contributed by atoms with Gasteiger partial charge in [0, 0.05) is 30.9 Å². The second-order valence-electron chi connectivity index (χ2n) is 8.65. The van der Waals surface area contributed by atoms with Crippen molar-refractivity contribution in [2.45, 2.75) is 6.04 Å². The number of nitrogens with zero attached hydrogens (tertiary/aromatic N) is 4. The Morgan fingerprint density at radius 2 is 1.76 bits per heavy atom. The van der Waals surface area contributed by atoms with E-state index in [-0.39, 0.29) is 45.3 Å². The summed E-state index contributed by atoms with van der Waals surface area (Å²) in [5.41, 5.74) is 0.139. The summed E-state index contributed by atoms with van der Waals surface area (Å²) in [5.74, 6) is -2.46. The number of carbonyl (C=O) groups is 2. The molecule has 0 bridgehead atoms. The molecule has 2 amide bonds. The normalized spacial score (nSPS) is 13.7. The molecule has 1 fully saturated rings. The predicted molar refractivity (Wildman–Crippen MR) is 135 cm³/mol. The molecule has 5 rings (SSSR count). The summed E-state index contributed by atoms with van der Waals surface area (Å²) in [5, 5.41) is 9.83. The molecule has 2 aromatic carbocycles. The molecule has 4 aromatic rings. The molecule has 0 radical (unpaired) electrons. The molecule has 11 heteroatoms. The van der Waals surface area contributed by atoms with E-state index >= 15 is 0 Å². The van der Waals surface area contributed by atoms with E-state index in [1.54, 1.807) is 24.3 Å². The number of anilines is 1. The third kappa shape index (κ3) is 5.07. The number of hydrogen-bond acceptors (Lipinski definition) is 5. The van der Waals surface area contributed by atoms with Crippen LogP contribution in [0.5, 0.6) is 0 Å². The second kappa shape index (κ2) is 10.1. The van der Waals surface area contributed by atoms with Gasteiger partial charge in [-0.3, -0.25) is 14.6 Å². The van der Waals surface area contributed by atoms with Gasteiger partial charge in [0.2, 0.25) is 0 Å². The molecule has 1 aliphatic rings. The van der Waals surface area contributed by atoms with Crippen LogP contribution in [0.15, 0.2) is 66.9 Å². The Morgan fingerprint density at radius 3 is 2.46 bits per heavy atom. The highest BCUT2D eigenvalue weighted by atomic mass is 35.5. The Balaban J connectivity index is 1.48. The first-order chi connectivity index (χ1) is 17.8. The quantitative estimate of drug-likeness (QED) is 0.397. The lowest BCUT2D eigenvalue weighted by Gasteiger charge is -2.36. The van der Waals surface area contributed by atoms with Crippen molar-refractivity contribution < 1.29 is 18.4 Å². The number of nitrogens with one attached hydrogen (secondary N) is 2. The van der Waals surface area contributed by atoms with Crippen molar-refractivity contribution >= 4 is 29.2 Å². The lowest BCUT2D eigenvalue weighted by Crippen LogP contribution is -2.57. The Bertz CT molecular complexity index is 1490. The van der Waals surface area contributed by atoms with Crippen molar-refractivity contribution in [1.29, 1.82) is 0 Å². The molecule has 188 valence electrons. The first-order valence-corrected chi connectivity index (χ1v) is 11.7. The number of carbonyl (C=O) groups excluding carboxylic acids is 2. The number of amides is 2. The van der Waals surface area contributed by atoms with Crippen LogP contribution < -0.4 is 10.6 Å². The number of hydrogen-bond donors (Lipinski definition) is 2. The number of aromatic nitrogens is 3. The Hall–Kier alpha value is -4.15. The van der Waals surface area contributed by atoms with Crippen LogP contribution in [0, 0.1) is 11.6 Å². The molecule has 1 saturated heterocycles. The number of likely N-dealkylation sites (tertiary alicyclic amines) is 1. The first kappa shape index (κ1) is 24.5. The molecule has 37 heavy (non-hydrogen) atoms. The van der Waals surface area contributed by atoms with Crippen LogP contribution in [-0.4, -0.2) is 57.7 Å². The van der Waals surface area contributed by atoms with Crippen molar-refractivity contribution in [3.8, 4) is 16.9 Å². The van der Waals surface area contributed by atoms with Gasteiger partial charge >= 0.3 is 0 Å². The number of benzene rings is 2. The molecular weight excluding hydrogens is 502 g/mol. The standard InChI is InChI=1S/C26H21ClF2N6O2/c1-34-13-15(14-34)31-26(37)22-12-23(35(33-22)16-6-3-2-4-7-16)32-25(36)17-10-18(21(29)11-19(17)27)24-20(28)8-5-9-30-24/h2-12,15H,13-14H2,1H3,(H,31,37)(H,32,36). The van der Waals surface area contributed by atoms with Gasteiger partial charge in [-0.15, -0.1) is 0 Å². The summed E-state index contributed by atoms with van der Waals surface area (Å²) in [6.07, 6.45) is 1.32. The van der Waals surface area contributed by atoms with Crippen LogP contribution >= 0.6 is 11.6 Å². The van der Waals surface area contributed by atoms with Gasteiger partial charge in [0.25, 0.3) is 11.8 Å². The molecule has 0 atom stereocenters. The van der Waals surface area contributed by atoms with E-state index in [9.17, 15) is 18.4 Å². The smallest absolute Gasteiger partial charge is 0.272 e. The molecule has 8 nitrogen and oxygen atoms in total. The lowest BCUT2D eigenvalue weighted by molar-refractivity contribution is 0.0852. The van der Waals surface area contributed by atoms with E-state index in [0.29, 0.717) is 5.69 Å². The summed E-state index contributed by atoms with van der Waals surface area (Å²) in [4.78, 5) is 32.0. The highest BCUT2D eigenvalue weighted by molar-refractivity contribution is 6.34. The molecular formula is C26H21ClF2N6O2. The van der Waals surface area contributed by atoms with Crippen LogP contribution in [0.1, 0.15) is 20.8 Å². The number of pyridine rings is 1. The van der Waals surface area contributed by atoms with Gasteiger partial charge in [-0.25, -0.2) is 13.5 Å². The number of rotatable bonds is 6. The molecule has 2 aromatic heterocycles. The molecule has 1 aliphatic heterocycles. The van der Waals surface area contributed by atoms with Crippen LogP contribution in [0.3, 0.4) is 0 Å². The average molecular weight is 523 g/mol. The SMILES string of the molecule is CN1CC(NC(=O)c2cc(NC(=O)c3cc(-c4ncccc4F)c(F)cc3Cl)n(-c3ccccc3)n2)C1. The van der Waals surface area contributed by atoms with Crippen molar-refractivity contribution in [2.24, 2.45) is 0 Å². The maximum Gasteiger partial charge on any atom is 0.272 e. The van der Waals surface area contributed by atoms with Gasteiger partial charge in [-0.05, 0) is 43.4 Å². The zero-order valence-electron chi connectivity index (χ0n) is 19.6. The van der Waals surface area contributed by atoms with E-state index in [0.717, 1.165) is 31.3 Å². The van der Waals surface area contributed by atoms with E-state index < -0.39 is 17.5 Å². The minimum absolute atomic E-state index is 0.0147. The third-order valence-electron chi connectivity index (χ3n) is 5.90. The highest BCUT2D eigenvalue weighted by Gasteiger charge is 2.27. The van der Waals surface area contributed by atoms with Crippen molar-refractivity contribution in [3.05, 3.63) is 94.8 Å². The zero-order valence-corrected chi connectivity index (χ0v) is 20.3. The summed E-state index contributed by atoms with van der Waals surface area (Å²) >= 11 is 6.19. The molecule has 0 aliphatic carbocycles. The lowest BCUT2D eigenvalue weighted by atomic mass is 10.1. The number of halogens is 3. The van der Waals surface area contributed by atoms with Gasteiger partial charge in [-0.1, -0.05) is 29.8 Å². The minimum atomic E-state index is -0.825. The topological polar surface area (TPSA) is 92.2 Å². The molecule has 0 saturated carbocycles. The van der Waals surface area contributed by atoms with E-state index in [1.807, 2.05) is 13.1 Å². The Labute approximate surface area is 215 Å². The molecule has 3 heterocycles. The summed E-state index contributed by atoms with van der Waals surface area (Å²) in [6.45, 7) is 1.47. The fraction of sp³-hybridized carbons (Fsp3) is 0.154. The predicted octanol–water partition coefficient (Wildman–Crippen LogP) is 4.16. The fourth-order valence-corrected chi connectivity index (χ4v) is 4.30. The average Bonchev–Trinajstić information content (AvgIpc) is 3.28. The minimum Gasteiger partial charge on any atom is -0.345 e. The highest BCUT2D eigenvalue weighted by Crippen LogP contribution is 2.30. The summed E-state index contributed by atoms with van der Waals surface area (Å²) < 4.78 is 30.3. The summed E-state index contributed by atoms with van der Waals surface area (Å²) in [6, 6.07) is 15.0. The fourth-order valence-electron chi connectivity index (χ4n) is 4.07. The van der Waals surface area contributed by atoms with E-state index in [4.69, 9.17) is 11.6 Å². The van der Waals surface area contributed by atoms with Crippen LogP contribution in [-0.2, 0) is 0 Å². The van der Waals surface area contributed by atoms with Gasteiger partial charge in [0.15, 0.2) is 5.69 Å². The van der Waals surface area contributed by atoms with Crippen molar-refractivity contribution in [1.82, 2.24) is 25.0 Å². The molecule has 0 spiro atoms. The zero-order chi connectivity index (χ0) is 26.1.